The van der Waals surface area contributed by atoms with Gasteiger partial charge in [0.15, 0.2) is 23.1 Å². The second-order valence-electron chi connectivity index (χ2n) is 5.77. The van der Waals surface area contributed by atoms with Crippen molar-refractivity contribution in [2.45, 2.75) is 6.92 Å². The molecule has 0 spiro atoms. The molecule has 0 aliphatic heterocycles. The molecule has 3 N–H and O–H groups in total. The lowest BCUT2D eigenvalue weighted by molar-refractivity contribution is -0.114. The Morgan fingerprint density at radius 3 is 2.21 bits per heavy atom. The third-order valence-corrected chi connectivity index (χ3v) is 3.53. The van der Waals surface area contributed by atoms with Gasteiger partial charge in [0.05, 0.1) is 0 Å². The van der Waals surface area contributed by atoms with E-state index < -0.39 is 17.5 Å². The predicted molar refractivity (Wildman–Crippen MR) is 100 cm³/mol. The Kier molecular flexibility index (Phi) is 5.54. The van der Waals surface area contributed by atoms with Gasteiger partial charge in [0, 0.05) is 30.1 Å². The van der Waals surface area contributed by atoms with Crippen LogP contribution in [0.25, 0.3) is 0 Å². The normalized spacial score (nSPS) is 10.2. The minimum absolute atomic E-state index is 0.0563. The van der Waals surface area contributed by atoms with Gasteiger partial charge in [-0.2, -0.15) is 0 Å². The molecular weight excluding hydrogens is 368 g/mol. The number of aromatic nitrogens is 2. The Morgan fingerprint density at radius 1 is 0.821 bits per heavy atom. The van der Waals surface area contributed by atoms with Crippen LogP contribution in [0, 0.1) is 11.6 Å². The third kappa shape index (κ3) is 4.85. The second kappa shape index (κ2) is 8.21. The molecule has 9 heteroatoms. The van der Waals surface area contributed by atoms with Gasteiger partial charge in [-0.15, -0.1) is 10.2 Å². The topological polar surface area (TPSA) is 96.0 Å². The van der Waals surface area contributed by atoms with E-state index in [1.165, 1.54) is 25.1 Å². The van der Waals surface area contributed by atoms with E-state index in [0.717, 1.165) is 12.1 Å². The van der Waals surface area contributed by atoms with Gasteiger partial charge in [-0.1, -0.05) is 6.07 Å². The number of carbonyl (C=O) groups excluding carboxylic acids is 2. The molecule has 1 aromatic heterocycles. The fraction of sp³-hybridized carbons (Fsp3) is 0.0526. The lowest BCUT2D eigenvalue weighted by Crippen LogP contribution is -2.15. The van der Waals surface area contributed by atoms with Crippen LogP contribution in [0.4, 0.5) is 31.7 Å². The van der Waals surface area contributed by atoms with Crippen molar-refractivity contribution in [3.63, 3.8) is 0 Å². The van der Waals surface area contributed by atoms with Crippen LogP contribution < -0.4 is 16.0 Å². The van der Waals surface area contributed by atoms with Crippen molar-refractivity contribution in [1.82, 2.24) is 10.2 Å². The summed E-state index contributed by atoms with van der Waals surface area (Å²) in [5.41, 5.74) is 1.37. The van der Waals surface area contributed by atoms with E-state index >= 15 is 0 Å². The summed E-state index contributed by atoms with van der Waals surface area (Å²) in [7, 11) is 0. The molecule has 0 aliphatic carbocycles. The van der Waals surface area contributed by atoms with Crippen LogP contribution in [0.15, 0.2) is 54.6 Å². The minimum atomic E-state index is -0.990. The van der Waals surface area contributed by atoms with E-state index in [4.69, 9.17) is 0 Å². The number of halogens is 2. The summed E-state index contributed by atoms with van der Waals surface area (Å²) in [5, 5.41) is 15.7. The molecule has 0 saturated heterocycles. The monoisotopic (exact) mass is 383 g/mol. The van der Waals surface area contributed by atoms with E-state index in [-0.39, 0.29) is 17.4 Å². The smallest absolute Gasteiger partial charge is 0.276 e. The van der Waals surface area contributed by atoms with Gasteiger partial charge in [-0.05, 0) is 42.5 Å². The van der Waals surface area contributed by atoms with E-state index in [9.17, 15) is 18.4 Å². The highest BCUT2D eigenvalue weighted by Crippen LogP contribution is 2.18. The first-order valence-corrected chi connectivity index (χ1v) is 8.15. The zero-order valence-corrected chi connectivity index (χ0v) is 14.7. The van der Waals surface area contributed by atoms with Crippen molar-refractivity contribution in [2.75, 3.05) is 16.0 Å². The summed E-state index contributed by atoms with van der Waals surface area (Å²) in [5.74, 6) is -2.40. The number of amides is 2. The lowest BCUT2D eigenvalue weighted by Gasteiger charge is -2.08. The molecule has 3 rings (SSSR count). The summed E-state index contributed by atoms with van der Waals surface area (Å²) in [6, 6.07) is 12.9. The Bertz CT molecular complexity index is 1030. The average molecular weight is 383 g/mol. The maximum absolute atomic E-state index is 13.2. The standard InChI is InChI=1S/C19H15F2N5O2/c1-11(27)22-12-3-2-4-13(9-12)24-19(28)17-7-8-18(26-25-17)23-14-5-6-15(20)16(21)10-14/h2-10H,1H3,(H,22,27)(H,23,26)(H,24,28). The van der Waals surface area contributed by atoms with Crippen molar-refractivity contribution < 1.29 is 18.4 Å². The summed E-state index contributed by atoms with van der Waals surface area (Å²) in [6.07, 6.45) is 0. The van der Waals surface area contributed by atoms with E-state index in [1.54, 1.807) is 24.3 Å². The zero-order chi connectivity index (χ0) is 20.1. The lowest BCUT2D eigenvalue weighted by atomic mass is 10.2. The molecule has 2 aromatic carbocycles. The molecule has 1 heterocycles. The van der Waals surface area contributed by atoms with Crippen LogP contribution in [0.5, 0.6) is 0 Å². The molecule has 7 nitrogen and oxygen atoms in total. The average Bonchev–Trinajstić information content (AvgIpc) is 2.65. The fourth-order valence-corrected chi connectivity index (χ4v) is 2.31. The van der Waals surface area contributed by atoms with E-state index in [0.29, 0.717) is 17.1 Å². The maximum Gasteiger partial charge on any atom is 0.276 e. The molecule has 2 amide bonds. The van der Waals surface area contributed by atoms with E-state index in [1.807, 2.05) is 0 Å². The van der Waals surface area contributed by atoms with Gasteiger partial charge >= 0.3 is 0 Å². The maximum atomic E-state index is 13.2. The van der Waals surface area contributed by atoms with Crippen LogP contribution in [0.3, 0.4) is 0 Å². The number of hydrogen-bond acceptors (Lipinski definition) is 5. The van der Waals surface area contributed by atoms with Gasteiger partial charge in [-0.3, -0.25) is 9.59 Å². The highest BCUT2D eigenvalue weighted by molar-refractivity contribution is 6.03. The van der Waals surface area contributed by atoms with Crippen LogP contribution in [0.2, 0.25) is 0 Å². The molecule has 0 unspecified atom stereocenters. The molecule has 0 aliphatic rings. The Balaban J connectivity index is 1.66. The molecule has 0 atom stereocenters. The summed E-state index contributed by atoms with van der Waals surface area (Å²) < 4.78 is 26.2. The van der Waals surface area contributed by atoms with Crippen LogP contribution >= 0.6 is 0 Å². The zero-order valence-electron chi connectivity index (χ0n) is 14.7. The molecule has 0 bridgehead atoms. The van der Waals surface area contributed by atoms with Crippen molar-refractivity contribution >= 4 is 34.7 Å². The van der Waals surface area contributed by atoms with Gasteiger partial charge in [-0.25, -0.2) is 8.78 Å². The molecule has 142 valence electrons. The predicted octanol–water partition coefficient (Wildman–Crippen LogP) is 3.71. The van der Waals surface area contributed by atoms with Crippen LogP contribution in [0.1, 0.15) is 17.4 Å². The molecule has 0 fully saturated rings. The highest BCUT2D eigenvalue weighted by atomic mass is 19.2. The van der Waals surface area contributed by atoms with Crippen molar-refractivity contribution in [3.8, 4) is 0 Å². The first kappa shape index (κ1) is 18.9. The van der Waals surface area contributed by atoms with E-state index in [2.05, 4.69) is 26.1 Å². The summed E-state index contributed by atoms with van der Waals surface area (Å²) in [4.78, 5) is 23.4. The summed E-state index contributed by atoms with van der Waals surface area (Å²) in [6.45, 7) is 1.39. The van der Waals surface area contributed by atoms with Crippen molar-refractivity contribution in [1.29, 1.82) is 0 Å². The van der Waals surface area contributed by atoms with Gasteiger partial charge in [0.1, 0.15) is 0 Å². The van der Waals surface area contributed by atoms with Crippen LogP contribution in [-0.4, -0.2) is 22.0 Å². The molecule has 28 heavy (non-hydrogen) atoms. The molecule has 0 saturated carbocycles. The SMILES string of the molecule is CC(=O)Nc1cccc(NC(=O)c2ccc(Nc3ccc(F)c(F)c3)nn2)c1. The number of benzene rings is 2. The highest BCUT2D eigenvalue weighted by Gasteiger charge is 2.10. The number of nitrogens with zero attached hydrogens (tertiary/aromatic N) is 2. The van der Waals surface area contributed by atoms with Crippen molar-refractivity contribution in [2.24, 2.45) is 0 Å². The largest absolute Gasteiger partial charge is 0.339 e. The van der Waals surface area contributed by atoms with Gasteiger partial charge < -0.3 is 16.0 Å². The van der Waals surface area contributed by atoms with Crippen LogP contribution in [-0.2, 0) is 4.79 Å². The number of anilines is 4. The Hall–Kier alpha value is -3.88. The first-order chi connectivity index (χ1) is 13.4. The number of nitrogens with one attached hydrogen (secondary N) is 3. The van der Waals surface area contributed by atoms with Gasteiger partial charge in [0.2, 0.25) is 5.91 Å². The number of hydrogen-bond donors (Lipinski definition) is 3. The van der Waals surface area contributed by atoms with Gasteiger partial charge in [0.25, 0.3) is 5.91 Å². The Labute approximate surface area is 158 Å². The quantitative estimate of drug-likeness (QED) is 0.624. The van der Waals surface area contributed by atoms with Crippen molar-refractivity contribution in [3.05, 3.63) is 71.9 Å². The molecule has 0 radical (unpaired) electrons. The fourth-order valence-electron chi connectivity index (χ4n) is 2.31. The number of carbonyl (C=O) groups is 2. The minimum Gasteiger partial charge on any atom is -0.339 e. The Morgan fingerprint density at radius 2 is 1.57 bits per heavy atom. The first-order valence-electron chi connectivity index (χ1n) is 8.15. The molecule has 3 aromatic rings. The molecular formula is C19H15F2N5O2. The second-order valence-corrected chi connectivity index (χ2v) is 5.77. The summed E-state index contributed by atoms with van der Waals surface area (Å²) >= 11 is 0. The third-order valence-electron chi connectivity index (χ3n) is 3.53. The number of rotatable bonds is 5.